The summed E-state index contributed by atoms with van der Waals surface area (Å²) in [5.74, 6) is 0. The summed E-state index contributed by atoms with van der Waals surface area (Å²) in [6.45, 7) is 7.33. The van der Waals surface area contributed by atoms with Gasteiger partial charge in [0.1, 0.15) is 0 Å². The molecule has 0 bridgehead atoms. The van der Waals surface area contributed by atoms with Gasteiger partial charge in [0.05, 0.1) is 0 Å². The Labute approximate surface area is 63.0 Å². The number of hydrogen-bond donors (Lipinski definition) is 0. The van der Waals surface area contributed by atoms with E-state index in [0.29, 0.717) is 0 Å². The number of halogens is 1. The third kappa shape index (κ3) is 4.75. The Hall–Kier alpha value is 0.596. The van der Waals surface area contributed by atoms with E-state index in [0.717, 1.165) is 0 Å². The molecule has 0 aromatic rings. The number of rotatable bonds is 4. The van der Waals surface area contributed by atoms with Crippen LogP contribution in [0.2, 0.25) is 9.95 Å². The first-order valence-corrected chi connectivity index (χ1v) is 11.8. The molecule has 0 saturated heterocycles. The van der Waals surface area contributed by atoms with Gasteiger partial charge in [-0.2, -0.15) is 0 Å². The topological polar surface area (TPSA) is 0 Å². The molecule has 8 heavy (non-hydrogen) atoms. The van der Waals surface area contributed by atoms with Gasteiger partial charge in [-0.3, -0.25) is 0 Å². The van der Waals surface area contributed by atoms with Crippen molar-refractivity contribution in [1.82, 2.24) is 0 Å². The molecule has 0 aliphatic heterocycles. The van der Waals surface area contributed by atoms with Crippen LogP contribution < -0.4 is 0 Å². The molecule has 0 aliphatic carbocycles. The van der Waals surface area contributed by atoms with Crippen molar-refractivity contribution in [3.63, 3.8) is 0 Å². The van der Waals surface area contributed by atoms with E-state index in [1.165, 1.54) is 9.95 Å². The maximum absolute atomic E-state index is 3.67. The summed E-state index contributed by atoms with van der Waals surface area (Å²) in [5.41, 5.74) is 0. The van der Waals surface area contributed by atoms with Gasteiger partial charge in [0, 0.05) is 0 Å². The van der Waals surface area contributed by atoms with Gasteiger partial charge in [-0.15, -0.1) is 0 Å². The molecule has 0 heterocycles. The van der Waals surface area contributed by atoms with Crippen LogP contribution in [0.5, 0.6) is 0 Å². The summed E-state index contributed by atoms with van der Waals surface area (Å²) in [5, 5.41) is 0. The Kier molecular flexibility index (Phi) is 6.16. The van der Waals surface area contributed by atoms with E-state index >= 15 is 0 Å². The Balaban J connectivity index is 3.16. The molecule has 0 spiro atoms. The molecule has 0 amide bonds. The van der Waals surface area contributed by atoms with Crippen molar-refractivity contribution in [2.24, 2.45) is 0 Å². The molecule has 0 radical (unpaired) electrons. The fourth-order valence-electron chi connectivity index (χ4n) is 0.458. The Morgan fingerprint density at radius 1 is 1.25 bits per heavy atom. The minimum absolute atomic E-state index is 1.03. The molecule has 0 nitrogen and oxygen atoms in total. The zero-order valence-electron chi connectivity index (χ0n) is 4.94. The van der Waals surface area contributed by atoms with Crippen LogP contribution >= 0.6 is 13.6 Å². The summed E-state index contributed by atoms with van der Waals surface area (Å²) < 4.78 is 0. The van der Waals surface area contributed by atoms with E-state index in [4.69, 9.17) is 0 Å². The van der Waals surface area contributed by atoms with E-state index in [-0.39, 0.29) is 0 Å². The van der Waals surface area contributed by atoms with Gasteiger partial charge in [0.15, 0.2) is 0 Å². The van der Waals surface area contributed by atoms with Crippen LogP contribution in [-0.2, 0) is 0 Å². The summed E-state index contributed by atoms with van der Waals surface area (Å²) in [4.78, 5) is 2.41. The van der Waals surface area contributed by atoms with E-state index < -0.39 is 14.2 Å². The summed E-state index contributed by atoms with van der Waals surface area (Å²) in [6, 6.07) is 0. The molecule has 0 fully saturated rings. The molecule has 2 heteroatoms. The summed E-state index contributed by atoms with van der Waals surface area (Å²) in [7, 11) is 0. The number of hydrogen-bond acceptors (Lipinski definition) is 0. The first kappa shape index (κ1) is 8.60. The Bertz CT molecular complexity index is 70.6. The van der Waals surface area contributed by atoms with Crippen LogP contribution in [0.4, 0.5) is 0 Å². The molecule has 0 unspecified atom stereocenters. The second-order valence-electron chi connectivity index (χ2n) is 1.65. The quantitative estimate of drug-likeness (QED) is 0.516. The van der Waals surface area contributed by atoms with Crippen molar-refractivity contribution in [2.75, 3.05) is 0 Å². The van der Waals surface area contributed by atoms with Crippen molar-refractivity contribution in [3.05, 3.63) is 25.3 Å². The fourth-order valence-corrected chi connectivity index (χ4v) is 5.13. The zero-order chi connectivity index (χ0) is 6.41. The van der Waals surface area contributed by atoms with Crippen molar-refractivity contribution in [1.29, 1.82) is 0 Å². The van der Waals surface area contributed by atoms with Gasteiger partial charge in [-0.25, -0.2) is 0 Å². The normalized spacial score (nSPS) is 8.12. The molecule has 0 aromatic carbocycles. The van der Waals surface area contributed by atoms with Crippen LogP contribution in [-0.4, -0.2) is 14.2 Å². The van der Waals surface area contributed by atoms with Crippen molar-refractivity contribution >= 4 is 27.8 Å². The minimum atomic E-state index is -1.03. The van der Waals surface area contributed by atoms with Crippen molar-refractivity contribution in [3.8, 4) is 0 Å². The Morgan fingerprint density at radius 2 is 1.62 bits per heavy atom. The molecule has 0 N–H and O–H groups in total. The standard InChI is InChI=1S/2C3H5.BrH.Ga/c2*1-3-2;;/h2*3H,1-2H2;1H;/q;;;+1/p-1. The average Bonchev–Trinajstić information content (AvgIpc) is 1.68. The molecule has 0 aromatic heterocycles. The predicted octanol–water partition coefficient (Wildman–Crippen LogP) is 2.74. The predicted molar refractivity (Wildman–Crippen MR) is 44.7 cm³/mol. The van der Waals surface area contributed by atoms with E-state index in [9.17, 15) is 0 Å². The van der Waals surface area contributed by atoms with Crippen LogP contribution in [0.3, 0.4) is 0 Å². The zero-order valence-corrected chi connectivity index (χ0v) is 8.95. The molecule has 0 saturated carbocycles. The second-order valence-corrected chi connectivity index (χ2v) is 12.9. The molecule has 0 aliphatic rings. The number of allylic oxidation sites excluding steroid dienone is 2. The van der Waals surface area contributed by atoms with Crippen LogP contribution in [0.25, 0.3) is 0 Å². The van der Waals surface area contributed by atoms with Crippen LogP contribution in [0.1, 0.15) is 0 Å². The van der Waals surface area contributed by atoms with Gasteiger partial charge in [0.25, 0.3) is 0 Å². The Morgan fingerprint density at radius 3 is 1.88 bits per heavy atom. The van der Waals surface area contributed by atoms with Crippen LogP contribution in [0, 0.1) is 0 Å². The summed E-state index contributed by atoms with van der Waals surface area (Å²) in [6.07, 6.45) is 3.98. The van der Waals surface area contributed by atoms with E-state index in [2.05, 4.69) is 26.7 Å². The SMILES string of the molecule is C=C[CH2][Ga]([Br])[CH2]C=C. The third-order valence-electron chi connectivity index (χ3n) is 0.845. The van der Waals surface area contributed by atoms with Crippen LogP contribution in [0.15, 0.2) is 25.3 Å². The van der Waals surface area contributed by atoms with Crippen molar-refractivity contribution < 1.29 is 0 Å². The van der Waals surface area contributed by atoms with Gasteiger partial charge in [-0.05, 0) is 0 Å². The first-order chi connectivity index (χ1) is 3.81. The van der Waals surface area contributed by atoms with Crippen molar-refractivity contribution in [2.45, 2.75) is 9.95 Å². The van der Waals surface area contributed by atoms with Gasteiger partial charge < -0.3 is 0 Å². The van der Waals surface area contributed by atoms with Gasteiger partial charge in [-0.1, -0.05) is 0 Å². The van der Waals surface area contributed by atoms with E-state index in [1.807, 2.05) is 12.2 Å². The fraction of sp³-hybridized carbons (Fsp3) is 0.333. The first-order valence-electron chi connectivity index (χ1n) is 2.67. The second kappa shape index (κ2) is 5.73. The van der Waals surface area contributed by atoms with Gasteiger partial charge >= 0.3 is 63.1 Å². The maximum atomic E-state index is 3.67. The third-order valence-corrected chi connectivity index (χ3v) is 8.27. The molecular weight excluding hydrogens is 222 g/mol. The average molecular weight is 232 g/mol. The molecule has 0 atom stereocenters. The summed E-state index contributed by atoms with van der Waals surface area (Å²) >= 11 is 2.61. The monoisotopic (exact) mass is 230 g/mol. The molecular formula is C6H10BrGa. The van der Waals surface area contributed by atoms with Gasteiger partial charge in [0.2, 0.25) is 0 Å². The molecule has 0 rings (SSSR count). The molecule has 44 valence electrons. The van der Waals surface area contributed by atoms with E-state index in [1.54, 1.807) is 0 Å².